The lowest BCUT2D eigenvalue weighted by Gasteiger charge is -2.11. The number of fused-ring (bicyclic) bond motifs is 1. The molecule has 0 atom stereocenters. The number of carbonyl (C=O) groups is 1. The molecule has 0 saturated carbocycles. The van der Waals surface area contributed by atoms with Gasteiger partial charge in [-0.15, -0.1) is 0 Å². The molecule has 1 amide bonds. The summed E-state index contributed by atoms with van der Waals surface area (Å²) in [5.41, 5.74) is 3.74. The zero-order valence-electron chi connectivity index (χ0n) is 15.6. The number of nitrogens with one attached hydrogen (secondary N) is 1. The van der Waals surface area contributed by atoms with E-state index in [2.05, 4.69) is 20.4 Å². The van der Waals surface area contributed by atoms with Crippen molar-refractivity contribution in [1.82, 2.24) is 19.7 Å². The predicted molar refractivity (Wildman–Crippen MR) is 107 cm³/mol. The normalized spacial score (nSPS) is 10.8. The number of aryl methyl sites for hydroxylation is 1. The first-order valence-corrected chi connectivity index (χ1v) is 8.80. The molecule has 0 bridgehead atoms. The number of benzene rings is 2. The van der Waals surface area contributed by atoms with Gasteiger partial charge in [0.1, 0.15) is 18.4 Å². The quantitative estimate of drug-likeness (QED) is 0.579. The molecule has 2 aromatic carbocycles. The lowest BCUT2D eigenvalue weighted by molar-refractivity contribution is 0.102. The van der Waals surface area contributed by atoms with E-state index in [-0.39, 0.29) is 5.91 Å². The van der Waals surface area contributed by atoms with Crippen LogP contribution in [0.4, 0.5) is 5.69 Å². The topological polar surface area (TPSA) is 81.9 Å². The molecule has 2 heterocycles. The molecule has 1 N–H and O–H groups in total. The molecule has 2 aromatic heterocycles. The van der Waals surface area contributed by atoms with Crippen molar-refractivity contribution >= 4 is 22.5 Å². The summed E-state index contributed by atoms with van der Waals surface area (Å²) in [4.78, 5) is 21.3. The first-order valence-electron chi connectivity index (χ1n) is 8.80. The molecule has 0 spiro atoms. The van der Waals surface area contributed by atoms with E-state index in [1.54, 1.807) is 18.1 Å². The summed E-state index contributed by atoms with van der Waals surface area (Å²) >= 11 is 0. The van der Waals surface area contributed by atoms with E-state index in [0.29, 0.717) is 17.8 Å². The van der Waals surface area contributed by atoms with Gasteiger partial charge in [-0.25, -0.2) is 9.67 Å². The Morgan fingerprint density at radius 1 is 1.18 bits per heavy atom. The maximum Gasteiger partial charge on any atom is 0.257 e. The van der Waals surface area contributed by atoms with E-state index in [1.807, 2.05) is 55.5 Å². The highest BCUT2D eigenvalue weighted by atomic mass is 16.5. The van der Waals surface area contributed by atoms with E-state index >= 15 is 0 Å². The minimum absolute atomic E-state index is 0.194. The average molecular weight is 373 g/mol. The van der Waals surface area contributed by atoms with Gasteiger partial charge in [0, 0.05) is 17.1 Å². The molecule has 4 aromatic rings. The van der Waals surface area contributed by atoms with Crippen molar-refractivity contribution in [1.29, 1.82) is 0 Å². The fraction of sp³-hybridized carbons (Fsp3) is 0.143. The Balaban J connectivity index is 1.57. The van der Waals surface area contributed by atoms with Crippen LogP contribution in [0.3, 0.4) is 0 Å². The van der Waals surface area contributed by atoms with Gasteiger partial charge >= 0.3 is 0 Å². The molecule has 140 valence electrons. The largest absolute Gasteiger partial charge is 0.497 e. The molecule has 7 nitrogen and oxygen atoms in total. The minimum atomic E-state index is -0.194. The van der Waals surface area contributed by atoms with Crippen LogP contribution in [0.2, 0.25) is 0 Å². The van der Waals surface area contributed by atoms with Gasteiger partial charge in [-0.1, -0.05) is 12.1 Å². The molecule has 0 radical (unpaired) electrons. The number of pyridine rings is 1. The second-order valence-corrected chi connectivity index (χ2v) is 6.43. The number of amides is 1. The van der Waals surface area contributed by atoms with Crippen LogP contribution in [-0.2, 0) is 6.54 Å². The van der Waals surface area contributed by atoms with Gasteiger partial charge in [0.05, 0.1) is 30.4 Å². The average Bonchev–Trinajstić information content (AvgIpc) is 3.20. The number of ether oxygens (including phenoxy) is 1. The summed E-state index contributed by atoms with van der Waals surface area (Å²) in [5.74, 6) is 0.543. The number of anilines is 1. The first-order chi connectivity index (χ1) is 13.6. The molecule has 0 fully saturated rings. The standard InChI is InChI=1S/C21H19N5O2/c1-14-19(9-16-6-7-18(28-2)10-20(16)24-14)21(27)25-17-5-3-4-15(8-17)11-26-13-22-12-23-26/h3-10,12-13H,11H2,1-2H3,(H,25,27). The maximum absolute atomic E-state index is 12.8. The molecule has 0 saturated heterocycles. The number of hydrogen-bond acceptors (Lipinski definition) is 5. The smallest absolute Gasteiger partial charge is 0.257 e. The number of rotatable bonds is 5. The molecule has 7 heteroatoms. The molecule has 0 aliphatic carbocycles. The third kappa shape index (κ3) is 3.68. The SMILES string of the molecule is COc1ccc2cc(C(=O)Nc3cccc(Cn4cncn4)c3)c(C)nc2c1. The number of hydrogen-bond donors (Lipinski definition) is 1. The van der Waals surface area contributed by atoms with Crippen LogP contribution in [0.25, 0.3) is 10.9 Å². The number of nitrogens with zero attached hydrogens (tertiary/aromatic N) is 4. The third-order valence-corrected chi connectivity index (χ3v) is 4.46. The van der Waals surface area contributed by atoms with Gasteiger partial charge in [0.25, 0.3) is 5.91 Å². The Kier molecular flexibility index (Phi) is 4.72. The fourth-order valence-corrected chi connectivity index (χ4v) is 3.05. The molecule has 0 aliphatic heterocycles. The Bertz CT molecular complexity index is 1140. The highest BCUT2D eigenvalue weighted by Gasteiger charge is 2.13. The van der Waals surface area contributed by atoms with Crippen LogP contribution in [0.1, 0.15) is 21.6 Å². The first kappa shape index (κ1) is 17.7. The van der Waals surface area contributed by atoms with Crippen LogP contribution in [-0.4, -0.2) is 32.8 Å². The Morgan fingerprint density at radius 2 is 2.07 bits per heavy atom. The van der Waals surface area contributed by atoms with Crippen molar-refractivity contribution in [2.45, 2.75) is 13.5 Å². The third-order valence-electron chi connectivity index (χ3n) is 4.46. The van der Waals surface area contributed by atoms with Crippen molar-refractivity contribution in [3.8, 4) is 5.75 Å². The van der Waals surface area contributed by atoms with Gasteiger partial charge in [-0.3, -0.25) is 9.78 Å². The molecule has 0 aliphatic rings. The predicted octanol–water partition coefficient (Wildman–Crippen LogP) is 3.44. The summed E-state index contributed by atoms with van der Waals surface area (Å²) in [5, 5.41) is 7.95. The number of carbonyl (C=O) groups excluding carboxylic acids is 1. The van der Waals surface area contributed by atoms with Crippen LogP contribution in [0.5, 0.6) is 5.75 Å². The molecule has 0 unspecified atom stereocenters. The second kappa shape index (κ2) is 7.48. The number of aromatic nitrogens is 4. The summed E-state index contributed by atoms with van der Waals surface area (Å²) in [6.07, 6.45) is 3.15. The summed E-state index contributed by atoms with van der Waals surface area (Å²) < 4.78 is 6.97. The zero-order chi connectivity index (χ0) is 19.5. The van der Waals surface area contributed by atoms with Crippen molar-refractivity contribution in [2.75, 3.05) is 12.4 Å². The van der Waals surface area contributed by atoms with Gasteiger partial charge < -0.3 is 10.1 Å². The Morgan fingerprint density at radius 3 is 2.86 bits per heavy atom. The summed E-state index contributed by atoms with van der Waals surface area (Å²) in [6.45, 7) is 2.41. The van der Waals surface area contributed by atoms with E-state index < -0.39 is 0 Å². The summed E-state index contributed by atoms with van der Waals surface area (Å²) in [6, 6.07) is 15.1. The van der Waals surface area contributed by atoms with Crippen molar-refractivity contribution in [2.24, 2.45) is 0 Å². The summed E-state index contributed by atoms with van der Waals surface area (Å²) in [7, 11) is 1.62. The number of methoxy groups -OCH3 is 1. The van der Waals surface area contributed by atoms with Crippen LogP contribution in [0, 0.1) is 6.92 Å². The van der Waals surface area contributed by atoms with E-state index in [1.165, 1.54) is 6.33 Å². The maximum atomic E-state index is 12.8. The van der Waals surface area contributed by atoms with Crippen molar-refractivity contribution in [3.05, 3.63) is 78.0 Å². The van der Waals surface area contributed by atoms with Gasteiger partial charge in [0.2, 0.25) is 0 Å². The molecular weight excluding hydrogens is 354 g/mol. The molecule has 4 rings (SSSR count). The second-order valence-electron chi connectivity index (χ2n) is 6.43. The van der Waals surface area contributed by atoms with Crippen LogP contribution in [0.15, 0.2) is 61.2 Å². The minimum Gasteiger partial charge on any atom is -0.497 e. The Hall–Kier alpha value is -3.74. The monoisotopic (exact) mass is 373 g/mol. The van der Waals surface area contributed by atoms with Crippen LogP contribution < -0.4 is 10.1 Å². The van der Waals surface area contributed by atoms with E-state index in [4.69, 9.17) is 4.74 Å². The lowest BCUT2D eigenvalue weighted by Crippen LogP contribution is -2.14. The zero-order valence-corrected chi connectivity index (χ0v) is 15.6. The highest BCUT2D eigenvalue weighted by Crippen LogP contribution is 2.22. The Labute approximate surface area is 162 Å². The van der Waals surface area contributed by atoms with E-state index in [0.717, 1.165) is 27.9 Å². The molecular formula is C21H19N5O2. The van der Waals surface area contributed by atoms with Crippen molar-refractivity contribution < 1.29 is 9.53 Å². The molecule has 28 heavy (non-hydrogen) atoms. The van der Waals surface area contributed by atoms with Crippen LogP contribution >= 0.6 is 0 Å². The van der Waals surface area contributed by atoms with Gasteiger partial charge in [0.15, 0.2) is 0 Å². The lowest BCUT2D eigenvalue weighted by atomic mass is 10.1. The van der Waals surface area contributed by atoms with Gasteiger partial charge in [-0.2, -0.15) is 5.10 Å². The highest BCUT2D eigenvalue weighted by molar-refractivity contribution is 6.06. The van der Waals surface area contributed by atoms with Crippen molar-refractivity contribution in [3.63, 3.8) is 0 Å². The van der Waals surface area contributed by atoms with Gasteiger partial charge in [-0.05, 0) is 42.8 Å². The fourth-order valence-electron chi connectivity index (χ4n) is 3.05. The van der Waals surface area contributed by atoms with E-state index in [9.17, 15) is 4.79 Å².